The summed E-state index contributed by atoms with van der Waals surface area (Å²) in [5.41, 5.74) is 5.82. The topological polar surface area (TPSA) is 139 Å². The molecule has 0 saturated carbocycles. The Bertz CT molecular complexity index is 1820. The molecule has 0 heterocycles. The van der Waals surface area contributed by atoms with Gasteiger partial charge in [0.15, 0.2) is 23.8 Å². The maximum Gasteiger partial charge on any atom is 0.418 e. The largest absolute Gasteiger partial charge is 0.458 e. The number of carbonyl (C=O) groups is 6. The molecule has 2 unspecified atom stereocenters. The van der Waals surface area contributed by atoms with Crippen molar-refractivity contribution in [2.45, 2.75) is 108 Å². The first kappa shape index (κ1) is 48.5. The van der Waals surface area contributed by atoms with Gasteiger partial charge >= 0.3 is 23.9 Å². The van der Waals surface area contributed by atoms with E-state index in [2.05, 4.69) is 9.47 Å². The summed E-state index contributed by atoms with van der Waals surface area (Å²) in [4.78, 5) is 73.5. The highest BCUT2D eigenvalue weighted by Gasteiger charge is 2.42. The molecule has 0 fully saturated rings. The van der Waals surface area contributed by atoms with Gasteiger partial charge < -0.3 is 18.9 Å². The lowest BCUT2D eigenvalue weighted by atomic mass is 9.71. The SMILES string of the molecule is CCOC(=O)C(=O)OC1CC(C)(C)C(/C=C/C(C)=C/C=C/C(C)=C/C=C/C=C(C)/C=C/C=C(C)/C=C/C2=C(C)C(=O)C(OC(=O)C(=O)OCC)CC2(C)C)=C(C)C1=O. The number of hydrogen-bond donors (Lipinski definition) is 0. The number of Topliss-reactive ketones (excluding diaryl/α,β-unsaturated/α-hetero) is 2. The van der Waals surface area contributed by atoms with E-state index in [0.29, 0.717) is 11.1 Å². The molecule has 2 atom stereocenters. The summed E-state index contributed by atoms with van der Waals surface area (Å²) in [5.74, 6) is -5.17. The highest BCUT2D eigenvalue weighted by molar-refractivity contribution is 6.30. The number of allylic oxidation sites excluding steroid dienone is 20. The molecular weight excluding hydrogens is 737 g/mol. The number of hydrogen-bond acceptors (Lipinski definition) is 10. The molecule has 58 heavy (non-hydrogen) atoms. The van der Waals surface area contributed by atoms with Crippen molar-refractivity contribution >= 4 is 35.4 Å². The van der Waals surface area contributed by atoms with Gasteiger partial charge in [0.1, 0.15) is 0 Å². The highest BCUT2D eigenvalue weighted by atomic mass is 16.6. The number of ether oxygens (including phenoxy) is 4. The van der Waals surface area contributed by atoms with Crippen LogP contribution in [0.2, 0.25) is 0 Å². The molecule has 0 aromatic carbocycles. The van der Waals surface area contributed by atoms with Gasteiger partial charge in [-0.05, 0) is 88.5 Å². The summed E-state index contributed by atoms with van der Waals surface area (Å²) in [6.07, 6.45) is 26.0. The van der Waals surface area contributed by atoms with Crippen LogP contribution in [0.4, 0.5) is 0 Å². The third kappa shape index (κ3) is 14.7. The fourth-order valence-corrected chi connectivity index (χ4v) is 6.49. The van der Waals surface area contributed by atoms with Crippen molar-refractivity contribution < 1.29 is 47.7 Å². The second-order valence-electron chi connectivity index (χ2n) is 15.6. The lowest BCUT2D eigenvalue weighted by Gasteiger charge is -2.36. The van der Waals surface area contributed by atoms with E-state index < -0.39 is 46.9 Å². The lowest BCUT2D eigenvalue weighted by Crippen LogP contribution is -2.40. The molecule has 0 bridgehead atoms. The van der Waals surface area contributed by atoms with E-state index in [1.54, 1.807) is 27.7 Å². The molecule has 312 valence electrons. The highest BCUT2D eigenvalue weighted by Crippen LogP contribution is 2.42. The van der Waals surface area contributed by atoms with Crippen LogP contribution in [-0.2, 0) is 47.7 Å². The smallest absolute Gasteiger partial charge is 0.418 e. The summed E-state index contributed by atoms with van der Waals surface area (Å²) in [5, 5.41) is 0. The van der Waals surface area contributed by atoms with Crippen LogP contribution in [0.3, 0.4) is 0 Å². The third-order valence-electron chi connectivity index (χ3n) is 9.66. The average molecular weight is 797 g/mol. The fraction of sp³-hybridized carbons (Fsp3) is 0.417. The lowest BCUT2D eigenvalue weighted by molar-refractivity contribution is -0.172. The molecule has 10 nitrogen and oxygen atoms in total. The van der Waals surface area contributed by atoms with Crippen LogP contribution in [0.25, 0.3) is 0 Å². The maximum absolute atomic E-state index is 13.0. The first-order valence-corrected chi connectivity index (χ1v) is 19.5. The Labute approximate surface area is 344 Å². The monoisotopic (exact) mass is 796 g/mol. The van der Waals surface area contributed by atoms with Crippen molar-refractivity contribution in [1.82, 2.24) is 0 Å². The molecule has 2 aliphatic carbocycles. The zero-order chi connectivity index (χ0) is 43.8. The zero-order valence-corrected chi connectivity index (χ0v) is 36.1. The van der Waals surface area contributed by atoms with Gasteiger partial charge in [-0.15, -0.1) is 0 Å². The Morgan fingerprint density at radius 3 is 1.17 bits per heavy atom. The van der Waals surface area contributed by atoms with Gasteiger partial charge in [0, 0.05) is 12.8 Å². The summed E-state index contributed by atoms with van der Waals surface area (Å²) < 4.78 is 19.8. The minimum Gasteiger partial charge on any atom is -0.458 e. The quantitative estimate of drug-likeness (QED) is 0.0724. The van der Waals surface area contributed by atoms with E-state index in [1.807, 2.05) is 140 Å². The van der Waals surface area contributed by atoms with Crippen molar-refractivity contribution in [2.75, 3.05) is 13.2 Å². The van der Waals surface area contributed by atoms with Crippen molar-refractivity contribution in [3.8, 4) is 0 Å². The molecule has 0 aromatic rings. The first-order valence-electron chi connectivity index (χ1n) is 19.5. The van der Waals surface area contributed by atoms with Crippen LogP contribution in [0, 0.1) is 10.8 Å². The van der Waals surface area contributed by atoms with Crippen LogP contribution in [0.5, 0.6) is 0 Å². The van der Waals surface area contributed by atoms with Gasteiger partial charge in [-0.1, -0.05) is 135 Å². The van der Waals surface area contributed by atoms with Crippen molar-refractivity contribution in [3.05, 3.63) is 130 Å². The molecular formula is C48H60O10. The molecule has 0 amide bonds. The van der Waals surface area contributed by atoms with Crippen molar-refractivity contribution in [3.63, 3.8) is 0 Å². The van der Waals surface area contributed by atoms with E-state index in [9.17, 15) is 28.8 Å². The van der Waals surface area contributed by atoms with E-state index in [-0.39, 0.29) is 37.6 Å². The second kappa shape index (κ2) is 22.3. The number of ketones is 2. The van der Waals surface area contributed by atoms with E-state index in [4.69, 9.17) is 9.47 Å². The normalized spacial score (nSPS) is 21.0. The standard InChI is InChI=1S/C48H60O10/c1-13-55-43(51)45(53)57-39-29-47(9,10)37(35(7)41(39)49)27-25-33(5)23-17-21-31(3)19-15-16-20-32(4)22-18-24-34(6)26-28-38-36(8)42(50)40(30-48(38,11)12)58-46(54)44(52)56-14-2/h15-28,39-40H,13-14,29-30H2,1-12H3/b16-15+,21-17+,22-18+,27-25+,28-26+,31-19+,32-20+,33-23+,34-24+. The Morgan fingerprint density at radius 2 is 0.845 bits per heavy atom. The Hall–Kier alpha value is -5.64. The zero-order valence-electron chi connectivity index (χ0n) is 36.1. The summed E-state index contributed by atoms with van der Waals surface area (Å²) >= 11 is 0. The number of carbonyl (C=O) groups excluding carboxylic acids is 6. The maximum atomic E-state index is 13.0. The number of esters is 4. The number of rotatable bonds is 14. The van der Waals surface area contributed by atoms with Crippen LogP contribution in [-0.4, -0.2) is 60.9 Å². The average Bonchev–Trinajstić information content (AvgIpc) is 3.14. The van der Waals surface area contributed by atoms with Crippen LogP contribution < -0.4 is 0 Å². The Morgan fingerprint density at radius 1 is 0.534 bits per heavy atom. The molecule has 0 aromatic heterocycles. The summed E-state index contributed by atoms with van der Waals surface area (Å²) in [6.45, 7) is 22.5. The molecule has 2 aliphatic rings. The Kier molecular flexibility index (Phi) is 18.7. The molecule has 0 N–H and O–H groups in total. The summed E-state index contributed by atoms with van der Waals surface area (Å²) in [6, 6.07) is 0. The molecule has 0 spiro atoms. The second-order valence-corrected chi connectivity index (χ2v) is 15.6. The fourth-order valence-electron chi connectivity index (χ4n) is 6.49. The van der Waals surface area contributed by atoms with Gasteiger partial charge in [-0.2, -0.15) is 0 Å². The van der Waals surface area contributed by atoms with Gasteiger partial charge in [0.05, 0.1) is 13.2 Å². The van der Waals surface area contributed by atoms with E-state index >= 15 is 0 Å². The molecule has 0 saturated heterocycles. The van der Waals surface area contributed by atoms with Crippen LogP contribution >= 0.6 is 0 Å². The van der Waals surface area contributed by atoms with E-state index in [0.717, 1.165) is 33.4 Å². The van der Waals surface area contributed by atoms with Gasteiger partial charge in [-0.3, -0.25) is 9.59 Å². The molecule has 2 rings (SSSR count). The predicted octanol–water partition coefficient (Wildman–Crippen LogP) is 9.13. The molecule has 0 radical (unpaired) electrons. The third-order valence-corrected chi connectivity index (χ3v) is 9.66. The van der Waals surface area contributed by atoms with Crippen LogP contribution in [0.15, 0.2) is 130 Å². The minimum atomic E-state index is -1.16. The first-order chi connectivity index (χ1) is 27.1. The van der Waals surface area contributed by atoms with Crippen molar-refractivity contribution in [2.24, 2.45) is 10.8 Å². The van der Waals surface area contributed by atoms with E-state index in [1.165, 1.54) is 0 Å². The Balaban J connectivity index is 1.99. The molecule has 0 aliphatic heterocycles. The van der Waals surface area contributed by atoms with Crippen molar-refractivity contribution in [1.29, 1.82) is 0 Å². The predicted molar refractivity (Wildman–Crippen MR) is 226 cm³/mol. The van der Waals surface area contributed by atoms with Gasteiger partial charge in [0.25, 0.3) is 0 Å². The summed E-state index contributed by atoms with van der Waals surface area (Å²) in [7, 11) is 0. The van der Waals surface area contributed by atoms with Crippen LogP contribution in [0.1, 0.15) is 95.9 Å². The van der Waals surface area contributed by atoms with Gasteiger partial charge in [-0.25, -0.2) is 19.2 Å². The molecule has 10 heteroatoms. The van der Waals surface area contributed by atoms with Gasteiger partial charge in [0.2, 0.25) is 0 Å². The minimum absolute atomic E-state index is 0.0414.